The third-order valence-electron chi connectivity index (χ3n) is 4.26. The summed E-state index contributed by atoms with van der Waals surface area (Å²) >= 11 is 2.68. The van der Waals surface area contributed by atoms with Crippen LogP contribution in [0.3, 0.4) is 0 Å². The summed E-state index contributed by atoms with van der Waals surface area (Å²) in [4.78, 5) is 8.01. The molecule has 9 nitrogen and oxygen atoms in total. The summed E-state index contributed by atoms with van der Waals surface area (Å²) in [7, 11) is 0. The van der Waals surface area contributed by atoms with E-state index in [1.807, 2.05) is 0 Å². The van der Waals surface area contributed by atoms with Crippen molar-refractivity contribution in [3.05, 3.63) is 38.9 Å². The summed E-state index contributed by atoms with van der Waals surface area (Å²) in [5.74, 6) is -2.19. The maximum absolute atomic E-state index is 13.6. The molecule has 0 bridgehead atoms. The van der Waals surface area contributed by atoms with E-state index < -0.39 is 34.4 Å². The molecule has 0 aliphatic carbocycles. The molecule has 6 N–H and O–H groups in total. The van der Waals surface area contributed by atoms with Crippen molar-refractivity contribution < 1.29 is 31.1 Å². The summed E-state index contributed by atoms with van der Waals surface area (Å²) < 4.78 is 81.9. The summed E-state index contributed by atoms with van der Waals surface area (Å²) in [5, 5.41) is 22.9. The topological polar surface area (TPSA) is 158 Å². The van der Waals surface area contributed by atoms with Crippen LogP contribution >= 0.6 is 15.9 Å². The Morgan fingerprint density at radius 1 is 1.15 bits per heavy atom. The second-order valence-electron chi connectivity index (χ2n) is 6.33. The number of halogens is 7. The molecule has 1 aromatic heterocycles. The number of hydrogen-bond donors (Lipinski definition) is 4. The van der Waals surface area contributed by atoms with Crippen LogP contribution in [0, 0.1) is 22.8 Å². The number of anilines is 3. The van der Waals surface area contributed by atoms with Crippen LogP contribution in [0.2, 0.25) is 0 Å². The predicted molar refractivity (Wildman–Crippen MR) is 105 cm³/mol. The smallest absolute Gasteiger partial charge is 0.404 e. The van der Waals surface area contributed by atoms with E-state index in [2.05, 4.69) is 41.3 Å². The summed E-state index contributed by atoms with van der Waals surface area (Å²) in [6.07, 6.45) is -9.10. The molecule has 2 aromatic rings. The molecule has 1 atom stereocenters. The molecule has 0 saturated heterocycles. The number of hydrogen-bond acceptors (Lipinski definition) is 9. The first-order valence-corrected chi connectivity index (χ1v) is 9.21. The van der Waals surface area contributed by atoms with Gasteiger partial charge in [0.05, 0.1) is 15.7 Å². The normalized spacial score (nSPS) is 15.4. The Hall–Kier alpha value is -3.92. The van der Waals surface area contributed by atoms with Gasteiger partial charge in [0.15, 0.2) is 11.9 Å². The van der Waals surface area contributed by atoms with Crippen LogP contribution in [0.4, 0.5) is 43.7 Å². The average molecular weight is 535 g/mol. The Morgan fingerprint density at radius 3 is 2.36 bits per heavy atom. The first-order valence-electron chi connectivity index (χ1n) is 8.42. The lowest BCUT2D eigenvalue weighted by molar-refractivity contribution is -0.276. The van der Waals surface area contributed by atoms with Crippen LogP contribution in [0.5, 0.6) is 5.75 Å². The summed E-state index contributed by atoms with van der Waals surface area (Å²) in [5.41, 5.74) is 9.01. The van der Waals surface area contributed by atoms with Crippen molar-refractivity contribution in [2.75, 3.05) is 16.8 Å². The monoisotopic (exact) mass is 534 g/mol. The number of nitrogens with two attached hydrogens (primary N) is 2. The fourth-order valence-corrected chi connectivity index (χ4v) is 3.58. The van der Waals surface area contributed by atoms with Gasteiger partial charge in [-0.1, -0.05) is 0 Å². The van der Waals surface area contributed by atoms with Crippen LogP contribution in [-0.4, -0.2) is 17.3 Å². The van der Waals surface area contributed by atoms with E-state index in [4.69, 9.17) is 16.7 Å². The fraction of sp³-hybridized carbons (Fsp3) is 0.176. The van der Waals surface area contributed by atoms with E-state index in [1.54, 1.807) is 12.3 Å². The van der Waals surface area contributed by atoms with Crippen LogP contribution in [0.25, 0.3) is 0 Å². The second-order valence-corrected chi connectivity index (χ2v) is 7.18. The van der Waals surface area contributed by atoms with Gasteiger partial charge in [0, 0.05) is 5.56 Å². The molecule has 0 fully saturated rings. The number of pyridine rings is 1. The van der Waals surface area contributed by atoms with Crippen molar-refractivity contribution in [1.82, 2.24) is 10.3 Å². The molecule has 1 aliphatic rings. The Labute approximate surface area is 188 Å². The Balaban J connectivity index is 2.31. The maximum atomic E-state index is 13.6. The number of fused-ring (bicyclic) bond motifs is 1. The van der Waals surface area contributed by atoms with Crippen LogP contribution in [0.1, 0.15) is 28.3 Å². The Bertz CT molecular complexity index is 1240. The SMILES string of the molecule is N#CNC1=NC(c2cc(Br)c(OC(F)(F)F)c(C(F)(F)F)c2)c2c(nc(N)c(C#N)c2N)N1. The molecule has 33 heavy (non-hydrogen) atoms. The van der Waals surface area contributed by atoms with Crippen molar-refractivity contribution >= 4 is 39.2 Å². The Morgan fingerprint density at radius 2 is 1.82 bits per heavy atom. The number of rotatable bonds is 2. The van der Waals surface area contributed by atoms with Gasteiger partial charge >= 0.3 is 12.5 Å². The van der Waals surface area contributed by atoms with Gasteiger partial charge in [0.25, 0.3) is 0 Å². The predicted octanol–water partition coefficient (Wildman–Crippen LogP) is 3.74. The molecule has 0 amide bonds. The second kappa shape index (κ2) is 8.21. The minimum atomic E-state index is -5.40. The number of nitrogens with one attached hydrogen (secondary N) is 2. The number of benzene rings is 1. The molecule has 1 unspecified atom stereocenters. The number of aromatic nitrogens is 1. The average Bonchev–Trinajstić information content (AvgIpc) is 2.67. The number of nitriles is 2. The molecule has 172 valence electrons. The lowest BCUT2D eigenvalue weighted by atomic mass is 9.93. The van der Waals surface area contributed by atoms with Crippen molar-refractivity contribution in [1.29, 1.82) is 10.5 Å². The first-order chi connectivity index (χ1) is 15.3. The third-order valence-corrected chi connectivity index (χ3v) is 4.85. The lowest BCUT2D eigenvalue weighted by Crippen LogP contribution is -2.33. The van der Waals surface area contributed by atoms with Gasteiger partial charge < -0.3 is 21.5 Å². The Kier molecular flexibility index (Phi) is 5.91. The maximum Gasteiger partial charge on any atom is 0.573 e. The summed E-state index contributed by atoms with van der Waals surface area (Å²) in [6, 6.07) is 1.59. The van der Waals surface area contributed by atoms with Gasteiger partial charge in [-0.15, -0.1) is 13.2 Å². The number of alkyl halides is 6. The van der Waals surface area contributed by atoms with E-state index in [0.717, 1.165) is 6.07 Å². The minimum absolute atomic E-state index is 0.0752. The molecule has 0 saturated carbocycles. The van der Waals surface area contributed by atoms with E-state index in [1.165, 1.54) is 0 Å². The molecular weight excluding hydrogens is 526 g/mol. The zero-order chi connectivity index (χ0) is 24.7. The van der Waals surface area contributed by atoms with Crippen molar-refractivity contribution in [3.63, 3.8) is 0 Å². The molecule has 1 aliphatic heterocycles. The van der Waals surface area contributed by atoms with E-state index in [-0.39, 0.29) is 40.0 Å². The fourth-order valence-electron chi connectivity index (χ4n) is 3.02. The van der Waals surface area contributed by atoms with E-state index >= 15 is 0 Å². The largest absolute Gasteiger partial charge is 0.573 e. The van der Waals surface area contributed by atoms with Crippen LogP contribution in [0.15, 0.2) is 21.6 Å². The number of nitrogens with zero attached hydrogens (tertiary/aromatic N) is 4. The first kappa shape index (κ1) is 23.7. The van der Waals surface area contributed by atoms with Crippen molar-refractivity contribution in [2.45, 2.75) is 18.6 Å². The number of aliphatic imine (C=N–C) groups is 1. The molecule has 0 spiro atoms. The number of ether oxygens (including phenoxy) is 1. The van der Waals surface area contributed by atoms with Crippen LogP contribution < -0.4 is 26.8 Å². The number of guanidine groups is 1. The van der Waals surface area contributed by atoms with Gasteiger partial charge in [-0.25, -0.2) is 9.98 Å². The molecule has 16 heteroatoms. The highest BCUT2D eigenvalue weighted by atomic mass is 79.9. The van der Waals surface area contributed by atoms with Gasteiger partial charge in [0.1, 0.15) is 29.3 Å². The van der Waals surface area contributed by atoms with E-state index in [0.29, 0.717) is 6.07 Å². The molecular formula is C17H9BrF6N8O. The molecule has 2 heterocycles. The highest BCUT2D eigenvalue weighted by molar-refractivity contribution is 9.10. The number of nitrogen functional groups attached to an aromatic ring is 2. The van der Waals surface area contributed by atoms with Gasteiger partial charge in [-0.3, -0.25) is 5.32 Å². The zero-order valence-electron chi connectivity index (χ0n) is 15.7. The van der Waals surface area contributed by atoms with Crippen molar-refractivity contribution in [2.24, 2.45) is 4.99 Å². The van der Waals surface area contributed by atoms with Gasteiger partial charge in [-0.05, 0) is 33.6 Å². The molecule has 0 radical (unpaired) electrons. The minimum Gasteiger partial charge on any atom is -0.404 e. The molecule has 3 rings (SSSR count). The third kappa shape index (κ3) is 4.65. The standard InChI is InChI=1S/C17H9BrF6N8O/c18-8-2-5(1-7(16(19,20)21)12(8)33-17(22,23)24)11-9-10(27)6(3-25)13(28)31-14(9)32-15(30-11)29-4-26/h1-2,11H,(H6,27,28,29,30,31,32). The highest BCUT2D eigenvalue weighted by Gasteiger charge is 2.42. The van der Waals surface area contributed by atoms with Gasteiger partial charge in [-0.2, -0.15) is 23.7 Å². The molecule has 1 aromatic carbocycles. The quantitative estimate of drug-likeness (QED) is 0.257. The highest BCUT2D eigenvalue weighted by Crippen LogP contribution is 2.47. The van der Waals surface area contributed by atoms with Crippen molar-refractivity contribution in [3.8, 4) is 18.0 Å². The summed E-state index contributed by atoms with van der Waals surface area (Å²) in [6.45, 7) is 0. The van der Waals surface area contributed by atoms with E-state index in [9.17, 15) is 31.6 Å². The van der Waals surface area contributed by atoms with Crippen LogP contribution in [-0.2, 0) is 6.18 Å². The lowest BCUT2D eigenvalue weighted by Gasteiger charge is -2.27. The van der Waals surface area contributed by atoms with Gasteiger partial charge in [0.2, 0.25) is 5.96 Å². The zero-order valence-corrected chi connectivity index (χ0v) is 17.3.